The Bertz CT molecular complexity index is 644. The van der Waals surface area contributed by atoms with E-state index in [4.69, 9.17) is 0 Å². The van der Waals surface area contributed by atoms with Gasteiger partial charge in [-0.2, -0.15) is 0 Å². The molecule has 0 saturated heterocycles. The second kappa shape index (κ2) is 4.87. The fourth-order valence-corrected chi connectivity index (χ4v) is 1.78. The largest absolute Gasteiger partial charge is 0.328 e. The number of anilines is 1. The highest BCUT2D eigenvalue weighted by molar-refractivity contribution is 6.04. The van der Waals surface area contributed by atoms with Crippen LogP contribution < -0.4 is 10.9 Å². The van der Waals surface area contributed by atoms with Gasteiger partial charge in [-0.25, -0.2) is 0 Å². The zero-order valence-electron chi connectivity index (χ0n) is 10.3. The maximum Gasteiger partial charge on any atom is 0.261 e. The third kappa shape index (κ3) is 2.48. The molecule has 2 aromatic rings. The Morgan fingerprint density at radius 3 is 2.67 bits per heavy atom. The van der Waals surface area contributed by atoms with Crippen LogP contribution in [0.1, 0.15) is 21.5 Å². The van der Waals surface area contributed by atoms with E-state index in [1.165, 1.54) is 6.20 Å². The van der Waals surface area contributed by atoms with Gasteiger partial charge in [-0.1, -0.05) is 12.1 Å². The molecule has 1 aromatic carbocycles. The fraction of sp³-hybridized carbons (Fsp3) is 0.143. The minimum Gasteiger partial charge on any atom is -0.328 e. The Morgan fingerprint density at radius 2 is 2.00 bits per heavy atom. The highest BCUT2D eigenvalue weighted by Crippen LogP contribution is 2.11. The van der Waals surface area contributed by atoms with Gasteiger partial charge in [0.05, 0.1) is 0 Å². The molecule has 0 spiro atoms. The topological polar surface area (TPSA) is 62.0 Å². The first kappa shape index (κ1) is 12.1. The predicted octanol–water partition coefficient (Wildman–Crippen LogP) is 2.24. The molecule has 18 heavy (non-hydrogen) atoms. The number of carbonyl (C=O) groups is 1. The summed E-state index contributed by atoms with van der Waals surface area (Å²) in [6.07, 6.45) is 1.53. The van der Waals surface area contributed by atoms with Gasteiger partial charge in [0.2, 0.25) is 0 Å². The van der Waals surface area contributed by atoms with Crippen molar-refractivity contribution in [2.45, 2.75) is 13.8 Å². The lowest BCUT2D eigenvalue weighted by Gasteiger charge is -2.07. The third-order valence-electron chi connectivity index (χ3n) is 2.67. The van der Waals surface area contributed by atoms with E-state index in [1.807, 2.05) is 25.1 Å². The average molecular weight is 242 g/mol. The predicted molar refractivity (Wildman–Crippen MR) is 70.9 cm³/mol. The summed E-state index contributed by atoms with van der Waals surface area (Å²) in [5.74, 6) is -0.389. The summed E-state index contributed by atoms with van der Waals surface area (Å²) in [6, 6.07) is 9.14. The number of hydrogen-bond acceptors (Lipinski definition) is 2. The lowest BCUT2D eigenvalue weighted by molar-refractivity contribution is 0.102. The maximum atomic E-state index is 12.0. The molecule has 0 aliphatic carbocycles. The molecule has 1 amide bonds. The molecule has 0 atom stereocenters. The van der Waals surface area contributed by atoms with E-state index in [2.05, 4.69) is 10.3 Å². The standard InChI is InChI=1S/C14H14N2O2/c1-9-4-3-5-11(8-9)16-14(18)12-10(2)6-7-15-13(12)17/h3-8H,1-2H3,(H,15,17)(H,16,18). The summed E-state index contributed by atoms with van der Waals surface area (Å²) >= 11 is 0. The number of amides is 1. The second-order valence-electron chi connectivity index (χ2n) is 4.19. The molecule has 0 aliphatic rings. The first-order valence-electron chi connectivity index (χ1n) is 5.64. The number of rotatable bonds is 2. The van der Waals surface area contributed by atoms with Gasteiger partial charge in [0.15, 0.2) is 0 Å². The summed E-state index contributed by atoms with van der Waals surface area (Å²) < 4.78 is 0. The van der Waals surface area contributed by atoms with Crippen molar-refractivity contribution in [2.75, 3.05) is 5.32 Å². The van der Waals surface area contributed by atoms with Crippen LogP contribution in [-0.4, -0.2) is 10.9 Å². The van der Waals surface area contributed by atoms with Crippen LogP contribution in [0.3, 0.4) is 0 Å². The third-order valence-corrected chi connectivity index (χ3v) is 2.67. The van der Waals surface area contributed by atoms with Crippen molar-refractivity contribution in [3.05, 3.63) is 63.6 Å². The zero-order chi connectivity index (χ0) is 13.1. The van der Waals surface area contributed by atoms with Gasteiger partial charge in [-0.3, -0.25) is 9.59 Å². The van der Waals surface area contributed by atoms with Crippen LogP contribution in [0.2, 0.25) is 0 Å². The minimum absolute atomic E-state index is 0.152. The molecule has 1 heterocycles. The van der Waals surface area contributed by atoms with Gasteiger partial charge in [-0.05, 0) is 43.2 Å². The first-order valence-corrected chi connectivity index (χ1v) is 5.64. The monoisotopic (exact) mass is 242 g/mol. The Kier molecular flexibility index (Phi) is 3.28. The summed E-state index contributed by atoms with van der Waals surface area (Å²) in [4.78, 5) is 26.2. The molecule has 4 heteroatoms. The van der Waals surface area contributed by atoms with Crippen molar-refractivity contribution < 1.29 is 4.79 Å². The summed E-state index contributed by atoms with van der Waals surface area (Å²) in [5.41, 5.74) is 2.16. The van der Waals surface area contributed by atoms with E-state index in [-0.39, 0.29) is 17.0 Å². The van der Waals surface area contributed by atoms with E-state index in [0.29, 0.717) is 11.3 Å². The molecular weight excluding hydrogens is 228 g/mol. The fourth-order valence-electron chi connectivity index (χ4n) is 1.78. The molecular formula is C14H14N2O2. The molecule has 92 valence electrons. The smallest absolute Gasteiger partial charge is 0.261 e. The SMILES string of the molecule is Cc1cccc(NC(=O)c2c(C)cc[nH]c2=O)c1. The number of H-pyrrole nitrogens is 1. The van der Waals surface area contributed by atoms with Crippen molar-refractivity contribution in [3.8, 4) is 0 Å². The average Bonchev–Trinajstić information content (AvgIpc) is 2.28. The number of aromatic amines is 1. The van der Waals surface area contributed by atoms with Crippen LogP contribution in [0.5, 0.6) is 0 Å². The van der Waals surface area contributed by atoms with Crippen LogP contribution in [-0.2, 0) is 0 Å². The highest BCUT2D eigenvalue weighted by Gasteiger charge is 2.13. The Balaban J connectivity index is 2.31. The minimum atomic E-state index is -0.389. The lowest BCUT2D eigenvalue weighted by Crippen LogP contribution is -2.24. The number of aryl methyl sites for hydroxylation is 2. The molecule has 1 aromatic heterocycles. The Morgan fingerprint density at radius 1 is 1.22 bits per heavy atom. The van der Waals surface area contributed by atoms with Crippen molar-refractivity contribution in [1.82, 2.24) is 4.98 Å². The quantitative estimate of drug-likeness (QED) is 0.848. The molecule has 2 rings (SSSR count). The maximum absolute atomic E-state index is 12.0. The van der Waals surface area contributed by atoms with Crippen molar-refractivity contribution in [1.29, 1.82) is 0 Å². The number of carbonyl (C=O) groups excluding carboxylic acids is 1. The van der Waals surface area contributed by atoms with Crippen molar-refractivity contribution in [2.24, 2.45) is 0 Å². The van der Waals surface area contributed by atoms with Crippen LogP contribution >= 0.6 is 0 Å². The second-order valence-corrected chi connectivity index (χ2v) is 4.19. The number of aromatic nitrogens is 1. The van der Waals surface area contributed by atoms with Gasteiger partial charge in [0.25, 0.3) is 11.5 Å². The molecule has 0 radical (unpaired) electrons. The molecule has 0 aliphatic heterocycles. The lowest BCUT2D eigenvalue weighted by atomic mass is 10.1. The Labute approximate surface area is 105 Å². The molecule has 0 fully saturated rings. The van der Waals surface area contributed by atoms with Gasteiger partial charge < -0.3 is 10.3 Å². The zero-order valence-corrected chi connectivity index (χ0v) is 10.3. The number of hydrogen-bond donors (Lipinski definition) is 2. The van der Waals surface area contributed by atoms with Gasteiger partial charge in [0, 0.05) is 11.9 Å². The van der Waals surface area contributed by atoms with Crippen molar-refractivity contribution in [3.63, 3.8) is 0 Å². The summed E-state index contributed by atoms with van der Waals surface area (Å²) in [7, 11) is 0. The number of pyridine rings is 1. The molecule has 0 bridgehead atoms. The molecule has 0 saturated carbocycles. The summed E-state index contributed by atoms with van der Waals surface area (Å²) in [5, 5.41) is 2.72. The first-order chi connectivity index (χ1) is 8.58. The molecule has 2 N–H and O–H groups in total. The summed E-state index contributed by atoms with van der Waals surface area (Å²) in [6.45, 7) is 3.68. The number of benzene rings is 1. The molecule has 0 unspecified atom stereocenters. The molecule has 4 nitrogen and oxygen atoms in total. The van der Waals surface area contributed by atoms with E-state index in [9.17, 15) is 9.59 Å². The van der Waals surface area contributed by atoms with Crippen LogP contribution in [0.4, 0.5) is 5.69 Å². The van der Waals surface area contributed by atoms with Crippen LogP contribution in [0.25, 0.3) is 0 Å². The van der Waals surface area contributed by atoms with E-state index >= 15 is 0 Å². The van der Waals surface area contributed by atoms with E-state index in [1.54, 1.807) is 19.1 Å². The normalized spacial score (nSPS) is 10.1. The highest BCUT2D eigenvalue weighted by atomic mass is 16.2. The van der Waals surface area contributed by atoms with E-state index < -0.39 is 0 Å². The van der Waals surface area contributed by atoms with Gasteiger partial charge >= 0.3 is 0 Å². The van der Waals surface area contributed by atoms with E-state index in [0.717, 1.165) is 5.56 Å². The van der Waals surface area contributed by atoms with Crippen molar-refractivity contribution >= 4 is 11.6 Å². The van der Waals surface area contributed by atoms with Gasteiger partial charge in [0.1, 0.15) is 5.56 Å². The van der Waals surface area contributed by atoms with Crippen LogP contribution in [0, 0.1) is 13.8 Å². The number of nitrogens with one attached hydrogen (secondary N) is 2. The Hall–Kier alpha value is -2.36. The van der Waals surface area contributed by atoms with Crippen LogP contribution in [0.15, 0.2) is 41.3 Å². The van der Waals surface area contributed by atoms with Gasteiger partial charge in [-0.15, -0.1) is 0 Å².